The summed E-state index contributed by atoms with van der Waals surface area (Å²) in [4.78, 5) is 31.5. The van der Waals surface area contributed by atoms with Crippen molar-refractivity contribution < 1.29 is 9.59 Å². The van der Waals surface area contributed by atoms with Crippen LogP contribution in [-0.4, -0.2) is 28.7 Å². The number of rotatable bonds is 3. The van der Waals surface area contributed by atoms with Crippen molar-refractivity contribution in [2.24, 2.45) is 0 Å². The minimum atomic E-state index is -0.520. The molecular weight excluding hydrogens is 374 g/mol. The summed E-state index contributed by atoms with van der Waals surface area (Å²) in [6, 6.07) is 24.5. The molecule has 1 aliphatic heterocycles. The van der Waals surface area contributed by atoms with Crippen molar-refractivity contribution in [1.29, 1.82) is 0 Å². The number of carbonyl (C=O) groups is 2. The van der Waals surface area contributed by atoms with E-state index in [1.165, 1.54) is 0 Å². The van der Waals surface area contributed by atoms with Gasteiger partial charge in [0.1, 0.15) is 0 Å². The number of amides is 2. The number of nitrogens with zero attached hydrogens (tertiary/aromatic N) is 1. The first-order chi connectivity index (χ1) is 14.6. The number of aromatic amines is 1. The Labute approximate surface area is 174 Å². The van der Waals surface area contributed by atoms with Gasteiger partial charge in [0.05, 0.1) is 12.0 Å². The van der Waals surface area contributed by atoms with Gasteiger partial charge in [-0.1, -0.05) is 48.5 Å². The maximum atomic E-state index is 13.6. The highest BCUT2D eigenvalue weighted by atomic mass is 16.2. The highest BCUT2D eigenvalue weighted by Gasteiger charge is 2.42. The molecule has 0 saturated heterocycles. The zero-order chi connectivity index (χ0) is 20.7. The van der Waals surface area contributed by atoms with Gasteiger partial charge in [0.15, 0.2) is 0 Å². The second-order valence-electron chi connectivity index (χ2n) is 7.61. The molecule has 0 saturated carbocycles. The van der Waals surface area contributed by atoms with Crippen LogP contribution < -0.4 is 5.32 Å². The Balaban J connectivity index is 1.58. The lowest BCUT2D eigenvalue weighted by Gasteiger charge is -2.39. The van der Waals surface area contributed by atoms with Crippen LogP contribution in [0.2, 0.25) is 0 Å². The van der Waals surface area contributed by atoms with Crippen LogP contribution in [0.3, 0.4) is 0 Å². The normalized spacial score (nSPS) is 18.3. The van der Waals surface area contributed by atoms with Gasteiger partial charge in [-0.25, -0.2) is 0 Å². The number of anilines is 1. The molecule has 2 atom stereocenters. The Kier molecular flexibility index (Phi) is 4.36. The summed E-state index contributed by atoms with van der Waals surface area (Å²) in [5.41, 5.74) is 4.02. The summed E-state index contributed by atoms with van der Waals surface area (Å²) < 4.78 is 0. The number of aromatic nitrogens is 1. The van der Waals surface area contributed by atoms with E-state index in [1.54, 1.807) is 18.0 Å². The standard InChI is InChI=1S/C25H21N3O2/c1-28-23(16-7-3-2-4-8-16)22(19-9-5-6-10-20(19)25(28)30)24(29)27-18-11-12-21-17(15-18)13-14-26-21/h2-15,22-23,26H,1H3,(H,27,29). The van der Waals surface area contributed by atoms with Crippen LogP contribution in [0.5, 0.6) is 0 Å². The largest absolute Gasteiger partial charge is 0.361 e. The molecule has 0 fully saturated rings. The van der Waals surface area contributed by atoms with Gasteiger partial charge in [-0.05, 0) is 41.5 Å². The first-order valence-corrected chi connectivity index (χ1v) is 9.92. The van der Waals surface area contributed by atoms with E-state index in [-0.39, 0.29) is 17.9 Å². The maximum absolute atomic E-state index is 13.6. The second kappa shape index (κ2) is 7.19. The highest BCUT2D eigenvalue weighted by Crippen LogP contribution is 2.42. The van der Waals surface area contributed by atoms with Gasteiger partial charge in [0.25, 0.3) is 5.91 Å². The smallest absolute Gasteiger partial charge is 0.254 e. The van der Waals surface area contributed by atoms with Crippen LogP contribution in [0.25, 0.3) is 10.9 Å². The fourth-order valence-electron chi connectivity index (χ4n) is 4.37. The lowest BCUT2D eigenvalue weighted by molar-refractivity contribution is -0.119. The number of likely N-dealkylation sites (N-methyl/N-ethyl adjacent to an activating group) is 1. The minimum Gasteiger partial charge on any atom is -0.361 e. The molecule has 2 N–H and O–H groups in total. The van der Waals surface area contributed by atoms with Crippen molar-refractivity contribution in [3.8, 4) is 0 Å². The minimum absolute atomic E-state index is 0.0720. The maximum Gasteiger partial charge on any atom is 0.254 e. The number of nitrogens with one attached hydrogen (secondary N) is 2. The average molecular weight is 395 g/mol. The van der Waals surface area contributed by atoms with Crippen LogP contribution >= 0.6 is 0 Å². The Hall–Kier alpha value is -3.86. The van der Waals surface area contributed by atoms with Crippen molar-refractivity contribution >= 4 is 28.4 Å². The summed E-state index contributed by atoms with van der Waals surface area (Å²) in [6.07, 6.45) is 1.87. The molecule has 1 aliphatic rings. The Morgan fingerprint density at radius 3 is 2.57 bits per heavy atom. The monoisotopic (exact) mass is 395 g/mol. The van der Waals surface area contributed by atoms with E-state index in [0.717, 1.165) is 27.7 Å². The molecule has 148 valence electrons. The molecule has 4 aromatic rings. The SMILES string of the molecule is CN1C(=O)c2ccccc2C(C(=O)Nc2ccc3[nH]ccc3c2)C1c1ccccc1. The summed E-state index contributed by atoms with van der Waals surface area (Å²) in [6.45, 7) is 0. The Morgan fingerprint density at radius 1 is 0.967 bits per heavy atom. The first-order valence-electron chi connectivity index (χ1n) is 9.92. The Morgan fingerprint density at radius 2 is 1.73 bits per heavy atom. The zero-order valence-electron chi connectivity index (χ0n) is 16.5. The number of benzene rings is 3. The highest BCUT2D eigenvalue weighted by molar-refractivity contribution is 6.04. The van der Waals surface area contributed by atoms with Gasteiger partial charge in [0, 0.05) is 35.4 Å². The number of fused-ring (bicyclic) bond motifs is 2. The van der Waals surface area contributed by atoms with E-state index in [4.69, 9.17) is 0 Å². The van der Waals surface area contributed by atoms with E-state index >= 15 is 0 Å². The van der Waals surface area contributed by atoms with Gasteiger partial charge in [0.2, 0.25) is 5.91 Å². The molecule has 0 radical (unpaired) electrons. The molecule has 2 heterocycles. The van der Waals surface area contributed by atoms with Crippen molar-refractivity contribution in [3.05, 3.63) is 102 Å². The molecule has 5 heteroatoms. The molecule has 0 spiro atoms. The van der Waals surface area contributed by atoms with Gasteiger partial charge in [-0.15, -0.1) is 0 Å². The van der Waals surface area contributed by atoms with E-state index in [0.29, 0.717) is 5.56 Å². The van der Waals surface area contributed by atoms with Crippen molar-refractivity contribution in [2.45, 2.75) is 12.0 Å². The summed E-state index contributed by atoms with van der Waals surface area (Å²) in [5, 5.41) is 4.11. The fraction of sp³-hybridized carbons (Fsp3) is 0.120. The number of carbonyl (C=O) groups excluding carboxylic acids is 2. The van der Waals surface area contributed by atoms with Crippen LogP contribution in [0.1, 0.15) is 33.4 Å². The van der Waals surface area contributed by atoms with Crippen LogP contribution in [-0.2, 0) is 4.79 Å². The molecule has 30 heavy (non-hydrogen) atoms. The predicted molar refractivity (Wildman–Crippen MR) is 117 cm³/mol. The molecular formula is C25H21N3O2. The van der Waals surface area contributed by atoms with Gasteiger partial charge in [-0.3, -0.25) is 9.59 Å². The third-order valence-electron chi connectivity index (χ3n) is 5.82. The van der Waals surface area contributed by atoms with E-state index in [9.17, 15) is 9.59 Å². The molecule has 3 aromatic carbocycles. The third kappa shape index (κ3) is 2.95. The van der Waals surface area contributed by atoms with Crippen molar-refractivity contribution in [3.63, 3.8) is 0 Å². The van der Waals surface area contributed by atoms with Gasteiger partial charge in [-0.2, -0.15) is 0 Å². The summed E-state index contributed by atoms with van der Waals surface area (Å²) >= 11 is 0. The summed E-state index contributed by atoms with van der Waals surface area (Å²) in [5.74, 6) is -0.726. The van der Waals surface area contributed by atoms with E-state index in [1.807, 2.05) is 79.0 Å². The lowest BCUT2D eigenvalue weighted by Crippen LogP contribution is -2.44. The molecule has 1 aromatic heterocycles. The molecule has 2 amide bonds. The van der Waals surface area contributed by atoms with Crippen molar-refractivity contribution in [2.75, 3.05) is 12.4 Å². The average Bonchev–Trinajstić information content (AvgIpc) is 3.24. The molecule has 0 bridgehead atoms. The van der Waals surface area contributed by atoms with Crippen LogP contribution in [0.4, 0.5) is 5.69 Å². The predicted octanol–water partition coefficient (Wildman–Crippen LogP) is 4.72. The fourth-order valence-corrected chi connectivity index (χ4v) is 4.37. The topological polar surface area (TPSA) is 65.2 Å². The van der Waals surface area contributed by atoms with E-state index in [2.05, 4.69) is 10.3 Å². The molecule has 0 aliphatic carbocycles. The lowest BCUT2D eigenvalue weighted by atomic mass is 9.79. The van der Waals surface area contributed by atoms with Gasteiger partial charge >= 0.3 is 0 Å². The molecule has 5 rings (SSSR count). The van der Waals surface area contributed by atoms with Crippen molar-refractivity contribution in [1.82, 2.24) is 9.88 Å². The Bertz CT molecular complexity index is 1250. The van der Waals surface area contributed by atoms with Crippen LogP contribution in [0, 0.1) is 0 Å². The van der Waals surface area contributed by atoms with Crippen LogP contribution in [0.15, 0.2) is 85.1 Å². The quantitative estimate of drug-likeness (QED) is 0.527. The zero-order valence-corrected chi connectivity index (χ0v) is 16.5. The molecule has 2 unspecified atom stereocenters. The molecule has 5 nitrogen and oxygen atoms in total. The number of H-pyrrole nitrogens is 1. The van der Waals surface area contributed by atoms with Gasteiger partial charge < -0.3 is 15.2 Å². The van der Waals surface area contributed by atoms with E-state index < -0.39 is 5.92 Å². The number of hydrogen-bond acceptors (Lipinski definition) is 2. The third-order valence-corrected chi connectivity index (χ3v) is 5.82. The summed E-state index contributed by atoms with van der Waals surface area (Å²) in [7, 11) is 1.77. The second-order valence-corrected chi connectivity index (χ2v) is 7.61. The number of hydrogen-bond donors (Lipinski definition) is 2. The first kappa shape index (κ1) is 18.2.